The maximum absolute atomic E-state index is 12.4. The predicted molar refractivity (Wildman–Crippen MR) is 66.7 cm³/mol. The zero-order valence-corrected chi connectivity index (χ0v) is 11.3. The van der Waals surface area contributed by atoms with Crippen molar-refractivity contribution in [2.75, 3.05) is 6.54 Å². The van der Waals surface area contributed by atoms with E-state index in [1.54, 1.807) is 4.31 Å². The van der Waals surface area contributed by atoms with E-state index < -0.39 is 15.3 Å². The molecule has 0 bridgehead atoms. The molecule has 1 fully saturated rings. The van der Waals surface area contributed by atoms with Crippen LogP contribution in [0.15, 0.2) is 0 Å². The smallest absolute Gasteiger partial charge is 0.218 e. The minimum absolute atomic E-state index is 0.120. The lowest BCUT2D eigenvalue weighted by molar-refractivity contribution is 0.202. The molecule has 0 amide bonds. The highest BCUT2D eigenvalue weighted by atomic mass is 32.2. The minimum atomic E-state index is -3.21. The molecule has 2 N–H and O–H groups in total. The van der Waals surface area contributed by atoms with Gasteiger partial charge in [0.2, 0.25) is 10.0 Å². The van der Waals surface area contributed by atoms with Gasteiger partial charge in [-0.3, -0.25) is 0 Å². The van der Waals surface area contributed by atoms with E-state index in [0.29, 0.717) is 6.42 Å². The van der Waals surface area contributed by atoms with Crippen LogP contribution in [0, 0.1) is 0 Å². The molecule has 0 radical (unpaired) electrons. The van der Waals surface area contributed by atoms with Crippen molar-refractivity contribution in [1.82, 2.24) is 4.31 Å². The van der Waals surface area contributed by atoms with Crippen molar-refractivity contribution >= 4 is 10.0 Å². The van der Waals surface area contributed by atoms with Crippen LogP contribution in [0.5, 0.6) is 0 Å². The van der Waals surface area contributed by atoms with Gasteiger partial charge < -0.3 is 5.73 Å². The molecule has 5 heteroatoms. The summed E-state index contributed by atoms with van der Waals surface area (Å²) in [5.74, 6) is 0. The summed E-state index contributed by atoms with van der Waals surface area (Å²) in [6, 6.07) is 0.240. The molecule has 16 heavy (non-hydrogen) atoms. The molecule has 1 saturated heterocycles. The number of sulfonamides is 1. The van der Waals surface area contributed by atoms with Crippen molar-refractivity contribution in [3.8, 4) is 0 Å². The molecule has 1 aliphatic heterocycles. The number of piperidine rings is 1. The summed E-state index contributed by atoms with van der Waals surface area (Å²) in [6.07, 6.45) is 3.64. The number of rotatable bonds is 4. The molecule has 0 aromatic heterocycles. The van der Waals surface area contributed by atoms with Crippen LogP contribution in [0.2, 0.25) is 0 Å². The van der Waals surface area contributed by atoms with Gasteiger partial charge in [-0.25, -0.2) is 8.42 Å². The van der Waals surface area contributed by atoms with E-state index in [0.717, 1.165) is 19.3 Å². The SMILES string of the molecule is CCC(CN)S(=O)(=O)N1C(C)CCCC1C. The van der Waals surface area contributed by atoms with Crippen LogP contribution in [0.4, 0.5) is 0 Å². The Labute approximate surface area is 99.2 Å². The predicted octanol–water partition coefficient (Wildman–Crippen LogP) is 1.32. The Morgan fingerprint density at radius 1 is 1.31 bits per heavy atom. The van der Waals surface area contributed by atoms with E-state index in [4.69, 9.17) is 5.73 Å². The summed E-state index contributed by atoms with van der Waals surface area (Å²) >= 11 is 0. The van der Waals surface area contributed by atoms with Crippen LogP contribution in [0.3, 0.4) is 0 Å². The minimum Gasteiger partial charge on any atom is -0.329 e. The fourth-order valence-electron chi connectivity index (χ4n) is 2.57. The second-order valence-electron chi connectivity index (χ2n) is 4.77. The molecular formula is C11H24N2O2S. The number of nitrogens with zero attached hydrogens (tertiary/aromatic N) is 1. The van der Waals surface area contributed by atoms with Gasteiger partial charge in [-0.1, -0.05) is 13.3 Å². The van der Waals surface area contributed by atoms with E-state index in [2.05, 4.69) is 0 Å². The fraction of sp³-hybridized carbons (Fsp3) is 1.00. The highest BCUT2D eigenvalue weighted by molar-refractivity contribution is 7.89. The zero-order valence-electron chi connectivity index (χ0n) is 10.5. The summed E-state index contributed by atoms with van der Waals surface area (Å²) < 4.78 is 26.5. The van der Waals surface area contributed by atoms with Crippen molar-refractivity contribution in [2.45, 2.75) is 63.8 Å². The Bertz CT molecular complexity index is 302. The van der Waals surface area contributed by atoms with Crippen molar-refractivity contribution < 1.29 is 8.42 Å². The van der Waals surface area contributed by atoms with Crippen LogP contribution < -0.4 is 5.73 Å². The van der Waals surface area contributed by atoms with Gasteiger partial charge >= 0.3 is 0 Å². The van der Waals surface area contributed by atoms with E-state index in [1.165, 1.54) is 0 Å². The van der Waals surface area contributed by atoms with Crippen LogP contribution in [-0.2, 0) is 10.0 Å². The molecule has 0 saturated carbocycles. The second kappa shape index (κ2) is 5.47. The van der Waals surface area contributed by atoms with Gasteiger partial charge in [-0.05, 0) is 33.1 Å². The monoisotopic (exact) mass is 248 g/mol. The first kappa shape index (κ1) is 13.9. The first-order chi connectivity index (χ1) is 7.45. The van der Waals surface area contributed by atoms with Crippen molar-refractivity contribution in [1.29, 1.82) is 0 Å². The molecule has 0 aromatic rings. The highest BCUT2D eigenvalue weighted by Crippen LogP contribution is 2.28. The van der Waals surface area contributed by atoms with Gasteiger partial charge in [0.1, 0.15) is 0 Å². The largest absolute Gasteiger partial charge is 0.329 e. The first-order valence-electron chi connectivity index (χ1n) is 6.17. The summed E-state index contributed by atoms with van der Waals surface area (Å²) in [5.41, 5.74) is 5.56. The molecule has 1 aliphatic rings. The molecule has 3 unspecified atom stereocenters. The molecule has 96 valence electrons. The molecule has 3 atom stereocenters. The average Bonchev–Trinajstić information content (AvgIpc) is 2.18. The first-order valence-corrected chi connectivity index (χ1v) is 7.67. The Hall–Kier alpha value is -0.130. The van der Waals surface area contributed by atoms with E-state index in [1.807, 2.05) is 20.8 Å². The Balaban J connectivity index is 2.96. The second-order valence-corrected chi connectivity index (χ2v) is 6.89. The molecule has 0 spiro atoms. The normalized spacial score (nSPS) is 30.2. The lowest BCUT2D eigenvalue weighted by atomic mass is 10.0. The Kier molecular flexibility index (Phi) is 4.76. The van der Waals surface area contributed by atoms with Crippen LogP contribution in [0.25, 0.3) is 0 Å². The Morgan fingerprint density at radius 2 is 1.81 bits per heavy atom. The molecule has 1 heterocycles. The summed E-state index contributed by atoms with van der Waals surface area (Å²) in [7, 11) is -3.21. The topological polar surface area (TPSA) is 63.4 Å². The van der Waals surface area contributed by atoms with E-state index in [-0.39, 0.29) is 18.6 Å². The summed E-state index contributed by atoms with van der Waals surface area (Å²) in [5, 5.41) is -0.421. The third-order valence-corrected chi connectivity index (χ3v) is 6.22. The zero-order chi connectivity index (χ0) is 12.3. The van der Waals surface area contributed by atoms with Gasteiger partial charge in [-0.15, -0.1) is 0 Å². The molecule has 1 rings (SSSR count). The van der Waals surface area contributed by atoms with Gasteiger partial charge in [0.25, 0.3) is 0 Å². The summed E-state index contributed by atoms with van der Waals surface area (Å²) in [6.45, 7) is 6.09. The van der Waals surface area contributed by atoms with E-state index in [9.17, 15) is 8.42 Å². The maximum Gasteiger partial charge on any atom is 0.218 e. The van der Waals surface area contributed by atoms with E-state index >= 15 is 0 Å². The summed E-state index contributed by atoms with van der Waals surface area (Å²) in [4.78, 5) is 0. The standard InChI is InChI=1S/C11H24N2O2S/c1-4-11(8-12)16(14,15)13-9(2)6-5-7-10(13)3/h9-11H,4-8,12H2,1-3H3. The highest BCUT2D eigenvalue weighted by Gasteiger charge is 2.38. The van der Waals surface area contributed by atoms with Crippen molar-refractivity contribution in [3.05, 3.63) is 0 Å². The molecule has 0 aromatic carbocycles. The van der Waals surface area contributed by atoms with Gasteiger partial charge in [0, 0.05) is 18.6 Å². The van der Waals surface area contributed by atoms with Crippen LogP contribution in [0.1, 0.15) is 46.5 Å². The fourth-order valence-corrected chi connectivity index (χ4v) is 4.79. The number of nitrogens with two attached hydrogens (primary N) is 1. The lowest BCUT2D eigenvalue weighted by Gasteiger charge is -2.39. The molecule has 4 nitrogen and oxygen atoms in total. The van der Waals surface area contributed by atoms with Crippen LogP contribution in [-0.4, -0.2) is 36.6 Å². The quantitative estimate of drug-likeness (QED) is 0.816. The van der Waals surface area contributed by atoms with Gasteiger partial charge in [-0.2, -0.15) is 4.31 Å². The average molecular weight is 248 g/mol. The third-order valence-electron chi connectivity index (χ3n) is 3.55. The maximum atomic E-state index is 12.4. The van der Waals surface area contributed by atoms with Crippen LogP contribution >= 0.6 is 0 Å². The molecule has 0 aliphatic carbocycles. The van der Waals surface area contributed by atoms with Gasteiger partial charge in [0.05, 0.1) is 5.25 Å². The van der Waals surface area contributed by atoms with Gasteiger partial charge in [0.15, 0.2) is 0 Å². The van der Waals surface area contributed by atoms with Crippen molar-refractivity contribution in [2.24, 2.45) is 5.73 Å². The molecular weight excluding hydrogens is 224 g/mol. The number of hydrogen-bond donors (Lipinski definition) is 1. The number of hydrogen-bond acceptors (Lipinski definition) is 3. The lowest BCUT2D eigenvalue weighted by Crippen LogP contribution is -2.52. The Morgan fingerprint density at radius 3 is 2.19 bits per heavy atom. The van der Waals surface area contributed by atoms with Crippen molar-refractivity contribution in [3.63, 3.8) is 0 Å². The third kappa shape index (κ3) is 2.57.